The van der Waals surface area contributed by atoms with E-state index in [2.05, 4.69) is 10.3 Å². The van der Waals surface area contributed by atoms with Crippen molar-refractivity contribution in [1.29, 1.82) is 0 Å². The van der Waals surface area contributed by atoms with E-state index >= 15 is 0 Å². The second-order valence-electron chi connectivity index (χ2n) is 6.20. The van der Waals surface area contributed by atoms with Crippen molar-refractivity contribution in [3.05, 3.63) is 95.7 Å². The maximum atomic E-state index is 12.3. The zero-order valence-corrected chi connectivity index (χ0v) is 15.3. The summed E-state index contributed by atoms with van der Waals surface area (Å²) >= 11 is 0. The number of phenolic OH excluding ortho intramolecular Hbond substituents is 2. The number of aromatic hydroxyl groups is 2. The van der Waals surface area contributed by atoms with Crippen LogP contribution in [0.5, 0.6) is 11.5 Å². The molecule has 0 aliphatic carbocycles. The van der Waals surface area contributed by atoms with Crippen molar-refractivity contribution in [2.45, 2.75) is 6.92 Å². The fourth-order valence-corrected chi connectivity index (χ4v) is 2.61. The molecule has 0 radical (unpaired) electrons. The number of para-hydroxylation sites is 2. The number of benzene rings is 3. The molecule has 0 atom stereocenters. The van der Waals surface area contributed by atoms with E-state index in [0.29, 0.717) is 28.2 Å². The lowest BCUT2D eigenvalue weighted by Gasteiger charge is -2.09. The number of carbonyl (C=O) groups is 1. The molecule has 3 N–H and O–H groups in total. The Bertz CT molecular complexity index is 1040. The molecule has 0 aliphatic rings. The highest BCUT2D eigenvalue weighted by molar-refractivity contribution is 6.05. The predicted octanol–water partition coefficient (Wildman–Crippen LogP) is 5.05. The van der Waals surface area contributed by atoms with Crippen LogP contribution in [0.2, 0.25) is 0 Å². The molecule has 5 nitrogen and oxygen atoms in total. The van der Waals surface area contributed by atoms with Gasteiger partial charge in [-0.15, -0.1) is 0 Å². The Morgan fingerprint density at radius 1 is 0.964 bits per heavy atom. The summed E-state index contributed by atoms with van der Waals surface area (Å²) < 4.78 is 0. The van der Waals surface area contributed by atoms with Crippen molar-refractivity contribution >= 4 is 23.4 Å². The minimum Gasteiger partial charge on any atom is -0.508 e. The first-order valence-corrected chi connectivity index (χ1v) is 8.73. The van der Waals surface area contributed by atoms with Gasteiger partial charge in [-0.25, -0.2) is 0 Å². The van der Waals surface area contributed by atoms with Gasteiger partial charge in [-0.05, 0) is 37.3 Å². The summed E-state index contributed by atoms with van der Waals surface area (Å²) in [6.07, 6.45) is 3.01. The maximum absolute atomic E-state index is 12.3. The first-order valence-electron chi connectivity index (χ1n) is 8.73. The minimum absolute atomic E-state index is 0.0246. The van der Waals surface area contributed by atoms with Crippen LogP contribution >= 0.6 is 0 Å². The number of anilines is 1. The molecule has 0 saturated carbocycles. The quantitative estimate of drug-likeness (QED) is 0.245. The Hall–Kier alpha value is -3.86. The normalized spacial score (nSPS) is 11.5. The van der Waals surface area contributed by atoms with Crippen molar-refractivity contribution in [3.63, 3.8) is 0 Å². The highest BCUT2D eigenvalue weighted by Crippen LogP contribution is 2.27. The van der Waals surface area contributed by atoms with E-state index in [9.17, 15) is 15.0 Å². The number of phenols is 2. The average Bonchev–Trinajstić information content (AvgIpc) is 2.70. The van der Waals surface area contributed by atoms with Crippen LogP contribution in [-0.4, -0.2) is 22.2 Å². The average molecular weight is 372 g/mol. The van der Waals surface area contributed by atoms with E-state index in [1.165, 1.54) is 30.5 Å². The first-order chi connectivity index (χ1) is 13.5. The van der Waals surface area contributed by atoms with Crippen LogP contribution in [-0.2, 0) is 0 Å². The largest absolute Gasteiger partial charge is 0.508 e. The Labute approximate surface area is 163 Å². The molecule has 0 fully saturated rings. The maximum Gasteiger partial charge on any atom is 0.187 e. The smallest absolute Gasteiger partial charge is 0.187 e. The monoisotopic (exact) mass is 372 g/mol. The van der Waals surface area contributed by atoms with Crippen LogP contribution < -0.4 is 5.32 Å². The van der Waals surface area contributed by atoms with Gasteiger partial charge in [0.1, 0.15) is 11.5 Å². The number of aliphatic imine (C=N–C) groups is 1. The summed E-state index contributed by atoms with van der Waals surface area (Å²) in [6, 6.07) is 20.7. The number of hydrogen-bond donors (Lipinski definition) is 3. The molecule has 0 bridgehead atoms. The standard InChI is InChI=1S/C23H20N2O3/c1-16(13-23(28)17-7-3-2-4-8-17)25-21-10-6-5-9-20(21)24-15-18-14-19(26)11-12-22(18)27/h2-15,25-27H,1H3/b16-13-,24-15?. The van der Waals surface area contributed by atoms with Gasteiger partial charge in [-0.1, -0.05) is 42.5 Å². The van der Waals surface area contributed by atoms with Gasteiger partial charge in [0.15, 0.2) is 5.78 Å². The minimum atomic E-state index is -0.0868. The van der Waals surface area contributed by atoms with Gasteiger partial charge in [0.2, 0.25) is 0 Å². The van der Waals surface area contributed by atoms with Crippen molar-refractivity contribution in [3.8, 4) is 11.5 Å². The van der Waals surface area contributed by atoms with E-state index < -0.39 is 0 Å². The number of nitrogens with one attached hydrogen (secondary N) is 1. The van der Waals surface area contributed by atoms with E-state index in [1.54, 1.807) is 12.1 Å². The zero-order valence-electron chi connectivity index (χ0n) is 15.3. The van der Waals surface area contributed by atoms with Gasteiger partial charge < -0.3 is 15.5 Å². The predicted molar refractivity (Wildman–Crippen MR) is 112 cm³/mol. The first kappa shape index (κ1) is 18.9. The topological polar surface area (TPSA) is 81.9 Å². The number of rotatable bonds is 6. The molecule has 0 saturated heterocycles. The van der Waals surface area contributed by atoms with E-state index in [-0.39, 0.29) is 17.3 Å². The number of hydrogen-bond acceptors (Lipinski definition) is 5. The molecule has 0 spiro atoms. The summed E-state index contributed by atoms with van der Waals surface area (Å²) in [4.78, 5) is 16.7. The molecule has 3 aromatic rings. The van der Waals surface area contributed by atoms with Crippen molar-refractivity contribution < 1.29 is 15.0 Å². The van der Waals surface area contributed by atoms with Crippen molar-refractivity contribution in [2.75, 3.05) is 5.32 Å². The zero-order chi connectivity index (χ0) is 19.9. The number of allylic oxidation sites excluding steroid dienone is 2. The van der Waals surface area contributed by atoms with Gasteiger partial charge in [0.05, 0.1) is 11.4 Å². The molecule has 140 valence electrons. The van der Waals surface area contributed by atoms with Crippen molar-refractivity contribution in [1.82, 2.24) is 0 Å². The highest BCUT2D eigenvalue weighted by Gasteiger charge is 2.05. The second kappa shape index (κ2) is 8.68. The summed E-state index contributed by atoms with van der Waals surface area (Å²) in [6.45, 7) is 1.81. The van der Waals surface area contributed by atoms with E-state index in [1.807, 2.05) is 49.4 Å². The highest BCUT2D eigenvalue weighted by atomic mass is 16.3. The number of carbonyl (C=O) groups excluding carboxylic acids is 1. The van der Waals surface area contributed by atoms with Gasteiger partial charge in [-0.2, -0.15) is 0 Å². The molecule has 3 rings (SSSR count). The van der Waals surface area contributed by atoms with Crippen LogP contribution in [0.15, 0.2) is 89.6 Å². The Balaban J connectivity index is 1.80. The van der Waals surface area contributed by atoms with Crippen LogP contribution in [0.4, 0.5) is 11.4 Å². The molecule has 0 aliphatic heterocycles. The molecule has 0 unspecified atom stereocenters. The van der Waals surface area contributed by atoms with Crippen LogP contribution in [0.3, 0.4) is 0 Å². The van der Waals surface area contributed by atoms with E-state index in [4.69, 9.17) is 0 Å². The Kier molecular flexibility index (Phi) is 5.87. The molecule has 0 heterocycles. The number of nitrogens with zero attached hydrogens (tertiary/aromatic N) is 1. The SMILES string of the molecule is C/C(=C/C(=O)c1ccccc1)Nc1ccccc1N=Cc1cc(O)ccc1O. The second-order valence-corrected chi connectivity index (χ2v) is 6.20. The fourth-order valence-electron chi connectivity index (χ4n) is 2.61. The van der Waals surface area contributed by atoms with E-state index in [0.717, 1.165) is 0 Å². The van der Waals surface area contributed by atoms with Crippen molar-refractivity contribution in [2.24, 2.45) is 4.99 Å². The van der Waals surface area contributed by atoms with Gasteiger partial charge in [0.25, 0.3) is 0 Å². The summed E-state index contributed by atoms with van der Waals surface area (Å²) in [5, 5.41) is 22.6. The third-order valence-corrected chi connectivity index (χ3v) is 4.00. The van der Waals surface area contributed by atoms with Gasteiger partial charge >= 0.3 is 0 Å². The molecule has 0 aromatic heterocycles. The Morgan fingerprint density at radius 2 is 1.68 bits per heavy atom. The van der Waals surface area contributed by atoms with Crippen LogP contribution in [0.1, 0.15) is 22.8 Å². The lowest BCUT2D eigenvalue weighted by atomic mass is 10.1. The molecule has 28 heavy (non-hydrogen) atoms. The van der Waals surface area contributed by atoms with Gasteiger partial charge in [0, 0.05) is 29.1 Å². The van der Waals surface area contributed by atoms with Crippen LogP contribution in [0.25, 0.3) is 0 Å². The third-order valence-electron chi connectivity index (χ3n) is 4.00. The summed E-state index contributed by atoms with van der Waals surface area (Å²) in [7, 11) is 0. The lowest BCUT2D eigenvalue weighted by Crippen LogP contribution is -2.01. The molecular formula is C23H20N2O3. The molecular weight excluding hydrogens is 352 g/mol. The van der Waals surface area contributed by atoms with Gasteiger partial charge in [-0.3, -0.25) is 9.79 Å². The lowest BCUT2D eigenvalue weighted by molar-refractivity contribution is 0.104. The number of ketones is 1. The molecule has 0 amide bonds. The summed E-state index contributed by atoms with van der Waals surface area (Å²) in [5.74, 6) is -0.0170. The third kappa shape index (κ3) is 4.86. The Morgan fingerprint density at radius 3 is 2.46 bits per heavy atom. The summed E-state index contributed by atoms with van der Waals surface area (Å²) in [5.41, 5.74) is 3.05. The molecule has 5 heteroatoms. The fraction of sp³-hybridized carbons (Fsp3) is 0.0435. The van der Waals surface area contributed by atoms with Crippen LogP contribution in [0, 0.1) is 0 Å². The molecule has 3 aromatic carbocycles.